The number of likely N-dealkylation sites (tertiary alicyclic amines) is 1. The zero-order chi connectivity index (χ0) is 16.1. The van der Waals surface area contributed by atoms with E-state index < -0.39 is 0 Å². The fourth-order valence-electron chi connectivity index (χ4n) is 3.28. The maximum absolute atomic E-state index is 12.2. The maximum Gasteiger partial charge on any atom is 0.225 e. The van der Waals surface area contributed by atoms with Gasteiger partial charge in [0.25, 0.3) is 0 Å². The van der Waals surface area contributed by atoms with E-state index in [1.54, 1.807) is 0 Å². The van der Waals surface area contributed by atoms with Crippen molar-refractivity contribution in [1.29, 1.82) is 0 Å². The molecule has 1 aromatic rings. The van der Waals surface area contributed by atoms with Gasteiger partial charge >= 0.3 is 0 Å². The molecule has 0 aromatic heterocycles. The summed E-state index contributed by atoms with van der Waals surface area (Å²) >= 11 is 1.91. The van der Waals surface area contributed by atoms with Crippen molar-refractivity contribution in [2.45, 2.75) is 50.0 Å². The van der Waals surface area contributed by atoms with Crippen LogP contribution in [0.2, 0.25) is 0 Å². The van der Waals surface area contributed by atoms with Crippen LogP contribution in [-0.4, -0.2) is 42.2 Å². The highest BCUT2D eigenvalue weighted by atomic mass is 32.2. The highest BCUT2D eigenvalue weighted by molar-refractivity contribution is 7.99. The molecule has 2 fully saturated rings. The third-order valence-corrected chi connectivity index (χ3v) is 6.10. The van der Waals surface area contributed by atoms with Gasteiger partial charge in [0.2, 0.25) is 5.91 Å². The average molecular weight is 333 g/mol. The average Bonchev–Trinajstić information content (AvgIpc) is 2.52. The number of thioether (sulfide) groups is 1. The van der Waals surface area contributed by atoms with Crippen molar-refractivity contribution in [1.82, 2.24) is 10.2 Å². The van der Waals surface area contributed by atoms with Crippen molar-refractivity contribution >= 4 is 17.7 Å². The first kappa shape index (κ1) is 16.8. The zero-order valence-corrected chi connectivity index (χ0v) is 14.9. The van der Waals surface area contributed by atoms with Crippen molar-refractivity contribution in [3.63, 3.8) is 0 Å². The van der Waals surface area contributed by atoms with Crippen LogP contribution in [0, 0.1) is 12.8 Å². The number of benzene rings is 1. The summed E-state index contributed by atoms with van der Waals surface area (Å²) in [6.07, 6.45) is 5.69. The summed E-state index contributed by atoms with van der Waals surface area (Å²) in [5, 5.41) is 3.66. The van der Waals surface area contributed by atoms with Crippen LogP contribution in [0.1, 0.15) is 37.7 Å². The van der Waals surface area contributed by atoms with Crippen molar-refractivity contribution in [2.24, 2.45) is 5.92 Å². The number of carbonyl (C=O) groups is 1. The number of aryl methyl sites for hydroxylation is 1. The van der Waals surface area contributed by atoms with Crippen molar-refractivity contribution in [3.05, 3.63) is 29.8 Å². The summed E-state index contributed by atoms with van der Waals surface area (Å²) in [6.45, 7) is 5.05. The minimum atomic E-state index is 0.352. The van der Waals surface area contributed by atoms with Gasteiger partial charge in [-0.25, -0.2) is 0 Å². The fraction of sp³-hybridized carbons (Fsp3) is 0.632. The van der Waals surface area contributed by atoms with E-state index in [1.807, 2.05) is 11.8 Å². The van der Waals surface area contributed by atoms with Gasteiger partial charge in [-0.3, -0.25) is 4.79 Å². The Hall–Kier alpha value is -1.00. The fourth-order valence-corrected chi connectivity index (χ4v) is 4.07. The molecule has 0 unspecified atom stereocenters. The van der Waals surface area contributed by atoms with Gasteiger partial charge in [0.05, 0.1) is 0 Å². The van der Waals surface area contributed by atoms with Gasteiger partial charge in [-0.15, -0.1) is 11.8 Å². The minimum absolute atomic E-state index is 0.352. The SMILES string of the molecule is Cc1ccc(SCCNC2CCN(C(=O)C3CCC3)CC2)cc1. The lowest BCUT2D eigenvalue weighted by molar-refractivity contribution is -0.139. The summed E-state index contributed by atoms with van der Waals surface area (Å²) in [5.41, 5.74) is 1.32. The number of piperidine rings is 1. The predicted molar refractivity (Wildman–Crippen MR) is 96.8 cm³/mol. The predicted octanol–water partition coefficient (Wildman–Crippen LogP) is 3.47. The molecule has 1 aliphatic carbocycles. The summed E-state index contributed by atoms with van der Waals surface area (Å²) < 4.78 is 0. The monoisotopic (exact) mass is 332 g/mol. The number of hydrogen-bond donors (Lipinski definition) is 1. The zero-order valence-electron chi connectivity index (χ0n) is 14.1. The number of carbonyl (C=O) groups excluding carboxylic acids is 1. The number of amides is 1. The van der Waals surface area contributed by atoms with Crippen molar-refractivity contribution in [3.8, 4) is 0 Å². The van der Waals surface area contributed by atoms with Gasteiger partial charge in [0.15, 0.2) is 0 Å². The van der Waals surface area contributed by atoms with E-state index in [1.165, 1.54) is 16.9 Å². The van der Waals surface area contributed by atoms with Crippen LogP contribution in [0.3, 0.4) is 0 Å². The number of nitrogens with zero attached hydrogens (tertiary/aromatic N) is 1. The molecule has 1 N–H and O–H groups in total. The molecule has 3 nitrogen and oxygen atoms in total. The molecular formula is C19H28N2OS. The Morgan fingerprint density at radius 3 is 2.48 bits per heavy atom. The first-order chi connectivity index (χ1) is 11.2. The Morgan fingerprint density at radius 1 is 1.17 bits per heavy atom. The summed E-state index contributed by atoms with van der Waals surface area (Å²) in [7, 11) is 0. The number of nitrogens with one attached hydrogen (secondary N) is 1. The molecular weight excluding hydrogens is 304 g/mol. The van der Waals surface area contributed by atoms with E-state index in [9.17, 15) is 4.79 Å². The second-order valence-electron chi connectivity index (χ2n) is 6.84. The van der Waals surface area contributed by atoms with Crippen molar-refractivity contribution < 1.29 is 4.79 Å². The van der Waals surface area contributed by atoms with Gasteiger partial charge in [0.1, 0.15) is 0 Å². The normalized spacial score (nSPS) is 19.6. The third kappa shape index (κ3) is 4.74. The molecule has 1 heterocycles. The van der Waals surface area contributed by atoms with E-state index in [4.69, 9.17) is 0 Å². The van der Waals surface area contributed by atoms with Gasteiger partial charge in [-0.05, 0) is 44.7 Å². The van der Waals surface area contributed by atoms with E-state index in [2.05, 4.69) is 41.4 Å². The quantitative estimate of drug-likeness (QED) is 0.639. The molecule has 23 heavy (non-hydrogen) atoms. The molecule has 0 radical (unpaired) electrons. The third-order valence-electron chi connectivity index (χ3n) is 5.09. The Bertz CT molecular complexity index is 505. The van der Waals surface area contributed by atoms with Crippen LogP contribution in [0.4, 0.5) is 0 Å². The van der Waals surface area contributed by atoms with Gasteiger partial charge in [0, 0.05) is 42.2 Å². The van der Waals surface area contributed by atoms with E-state index in [0.29, 0.717) is 17.9 Å². The number of rotatable bonds is 6. The molecule has 1 saturated carbocycles. The molecule has 1 saturated heterocycles. The molecule has 2 aliphatic rings. The van der Waals surface area contributed by atoms with Crippen LogP contribution >= 0.6 is 11.8 Å². The molecule has 126 valence electrons. The standard InChI is InChI=1S/C19H28N2OS/c1-15-5-7-18(8-6-15)23-14-11-20-17-9-12-21(13-10-17)19(22)16-3-2-4-16/h5-8,16-17,20H,2-4,9-14H2,1H3. The second kappa shape index (κ2) is 8.20. The number of hydrogen-bond acceptors (Lipinski definition) is 3. The lowest BCUT2D eigenvalue weighted by atomic mass is 9.84. The first-order valence-electron chi connectivity index (χ1n) is 8.94. The molecule has 4 heteroatoms. The second-order valence-corrected chi connectivity index (χ2v) is 8.01. The molecule has 0 bridgehead atoms. The van der Waals surface area contributed by atoms with E-state index in [0.717, 1.165) is 51.1 Å². The maximum atomic E-state index is 12.2. The smallest absolute Gasteiger partial charge is 0.225 e. The minimum Gasteiger partial charge on any atom is -0.342 e. The van der Waals surface area contributed by atoms with Gasteiger partial charge < -0.3 is 10.2 Å². The lowest BCUT2D eigenvalue weighted by Gasteiger charge is -2.36. The molecule has 1 amide bonds. The highest BCUT2D eigenvalue weighted by Gasteiger charge is 2.31. The van der Waals surface area contributed by atoms with Crippen LogP contribution in [0.5, 0.6) is 0 Å². The van der Waals surface area contributed by atoms with Crippen molar-refractivity contribution in [2.75, 3.05) is 25.4 Å². The highest BCUT2D eigenvalue weighted by Crippen LogP contribution is 2.29. The molecule has 1 aromatic carbocycles. The Labute approximate surface area is 144 Å². The Kier molecular flexibility index (Phi) is 6.01. The van der Waals surface area contributed by atoms with E-state index in [-0.39, 0.29) is 0 Å². The largest absolute Gasteiger partial charge is 0.342 e. The lowest BCUT2D eigenvalue weighted by Crippen LogP contribution is -2.48. The van der Waals surface area contributed by atoms with Crippen LogP contribution in [-0.2, 0) is 4.79 Å². The summed E-state index contributed by atoms with van der Waals surface area (Å²) in [6, 6.07) is 9.32. The summed E-state index contributed by atoms with van der Waals surface area (Å²) in [5.74, 6) is 1.87. The van der Waals surface area contributed by atoms with Crippen LogP contribution < -0.4 is 5.32 Å². The van der Waals surface area contributed by atoms with Gasteiger partial charge in [-0.2, -0.15) is 0 Å². The van der Waals surface area contributed by atoms with Gasteiger partial charge in [-0.1, -0.05) is 24.1 Å². The summed E-state index contributed by atoms with van der Waals surface area (Å²) in [4.78, 5) is 15.7. The molecule has 3 rings (SSSR count). The molecule has 0 spiro atoms. The molecule has 1 aliphatic heterocycles. The topological polar surface area (TPSA) is 32.3 Å². The Balaban J connectivity index is 1.30. The Morgan fingerprint density at radius 2 is 1.87 bits per heavy atom. The van der Waals surface area contributed by atoms with Crippen LogP contribution in [0.25, 0.3) is 0 Å². The van der Waals surface area contributed by atoms with Crippen LogP contribution in [0.15, 0.2) is 29.2 Å². The van der Waals surface area contributed by atoms with E-state index >= 15 is 0 Å². The first-order valence-corrected chi connectivity index (χ1v) is 9.92. The molecule has 0 atom stereocenters.